The maximum absolute atomic E-state index is 10.6. The van der Waals surface area contributed by atoms with Crippen molar-refractivity contribution in [2.75, 3.05) is 7.11 Å². The summed E-state index contributed by atoms with van der Waals surface area (Å²) in [7, 11) is 1.45. The van der Waals surface area contributed by atoms with Crippen LogP contribution in [0, 0.1) is 12.8 Å². The zero-order valence-corrected chi connectivity index (χ0v) is 12.0. The molecule has 1 aliphatic rings. The Bertz CT molecular complexity index is 349. The minimum atomic E-state index is -0.0312. The van der Waals surface area contributed by atoms with Gasteiger partial charge in [-0.1, -0.05) is 24.1 Å². The summed E-state index contributed by atoms with van der Waals surface area (Å²) in [6.07, 6.45) is 3.26. The first-order valence-corrected chi connectivity index (χ1v) is 6.40. The Morgan fingerprint density at radius 2 is 1.79 bits per heavy atom. The van der Waals surface area contributed by atoms with E-state index in [1.807, 2.05) is 31.2 Å². The van der Waals surface area contributed by atoms with E-state index in [0.29, 0.717) is 0 Å². The van der Waals surface area contributed by atoms with Gasteiger partial charge in [0.2, 0.25) is 0 Å². The van der Waals surface area contributed by atoms with E-state index in [1.54, 1.807) is 0 Å². The first-order valence-electron chi connectivity index (χ1n) is 5.63. The first kappa shape index (κ1) is 20.2. The third-order valence-electron chi connectivity index (χ3n) is 2.77. The van der Waals surface area contributed by atoms with Crippen LogP contribution in [0.3, 0.4) is 0 Å². The zero-order chi connectivity index (χ0) is 12.7. The molecule has 0 spiro atoms. The van der Waals surface area contributed by atoms with E-state index in [2.05, 4.69) is 4.74 Å². The molecule has 19 heavy (non-hydrogen) atoms. The fraction of sp³-hybridized carbons (Fsp3) is 0.462. The molecule has 1 aliphatic carbocycles. The van der Waals surface area contributed by atoms with E-state index in [1.165, 1.54) is 19.1 Å². The van der Waals surface area contributed by atoms with E-state index in [-0.39, 0.29) is 22.8 Å². The predicted molar refractivity (Wildman–Crippen MR) is 76.2 cm³/mol. The lowest BCUT2D eigenvalue weighted by Gasteiger charge is -2.21. The largest absolute Gasteiger partial charge is 0.469 e. The molecule has 0 radical (unpaired) electrons. The molecule has 0 unspecified atom stereocenters. The third kappa shape index (κ3) is 7.17. The van der Waals surface area contributed by atoms with Gasteiger partial charge in [-0.3, -0.25) is 4.79 Å². The standard InChI is InChI=1S/C7H8OS.C6H10O2.2H2O/c1-6-2-4-7(9-8)5-3-6;1-8-6(7)5-3-2-4-5;;/h2-5,8H,1H3;5H,2-4H2,1H3;2*1H2. The number of carbonyl (C=O) groups is 1. The summed E-state index contributed by atoms with van der Waals surface area (Å²) in [6.45, 7) is 2.02. The molecule has 1 fully saturated rings. The van der Waals surface area contributed by atoms with Crippen molar-refractivity contribution in [1.29, 1.82) is 0 Å². The average Bonchev–Trinajstić information content (AvgIpc) is 2.28. The number of rotatable bonds is 2. The number of carbonyl (C=O) groups excluding carboxylic acids is 1. The quantitative estimate of drug-likeness (QED) is 0.662. The summed E-state index contributed by atoms with van der Waals surface area (Å²) in [5, 5.41) is 0. The molecule has 6 heteroatoms. The molecule has 0 atom stereocenters. The molecule has 1 saturated carbocycles. The summed E-state index contributed by atoms with van der Waals surface area (Å²) >= 11 is 0.777. The van der Waals surface area contributed by atoms with Gasteiger partial charge in [-0.05, 0) is 31.9 Å². The number of benzene rings is 1. The van der Waals surface area contributed by atoms with Crippen LogP contribution in [0.5, 0.6) is 0 Å². The Morgan fingerprint density at radius 1 is 1.26 bits per heavy atom. The molecule has 2 rings (SSSR count). The Labute approximate surface area is 117 Å². The lowest BCUT2D eigenvalue weighted by molar-refractivity contribution is -0.148. The first-order chi connectivity index (χ1) is 8.17. The normalized spacial score (nSPS) is 12.8. The monoisotopic (exact) mass is 290 g/mol. The van der Waals surface area contributed by atoms with Gasteiger partial charge in [0, 0.05) is 16.9 Å². The smallest absolute Gasteiger partial charge is 0.308 e. The van der Waals surface area contributed by atoms with Crippen LogP contribution >= 0.6 is 12.0 Å². The average molecular weight is 290 g/mol. The number of ether oxygens (including phenoxy) is 1. The van der Waals surface area contributed by atoms with Crippen molar-refractivity contribution in [3.8, 4) is 0 Å². The van der Waals surface area contributed by atoms with Gasteiger partial charge in [-0.2, -0.15) is 0 Å². The Hall–Kier alpha value is -1.08. The number of esters is 1. The SMILES string of the molecule is COC(=O)C1CCC1.Cc1ccc(SO)cc1.O.O. The Balaban J connectivity index is 0. The summed E-state index contributed by atoms with van der Waals surface area (Å²) in [4.78, 5) is 11.5. The summed E-state index contributed by atoms with van der Waals surface area (Å²) in [6, 6.07) is 7.72. The highest BCUT2D eigenvalue weighted by Gasteiger charge is 2.25. The van der Waals surface area contributed by atoms with Gasteiger partial charge in [0.25, 0.3) is 0 Å². The number of hydrogen-bond acceptors (Lipinski definition) is 4. The topological polar surface area (TPSA) is 110 Å². The molecule has 0 amide bonds. The highest BCUT2D eigenvalue weighted by molar-refractivity contribution is 7.93. The Kier molecular flexibility index (Phi) is 11.5. The molecular formula is C13H22O5S. The summed E-state index contributed by atoms with van der Waals surface area (Å²) < 4.78 is 13.1. The minimum absolute atomic E-state index is 0. The van der Waals surface area contributed by atoms with Crippen molar-refractivity contribution >= 4 is 18.0 Å². The molecule has 1 aromatic rings. The zero-order valence-electron chi connectivity index (χ0n) is 11.2. The fourth-order valence-electron chi connectivity index (χ4n) is 1.41. The molecule has 5 N–H and O–H groups in total. The second-order valence-corrected chi connectivity index (χ2v) is 4.71. The van der Waals surface area contributed by atoms with Crippen LogP contribution in [0.25, 0.3) is 0 Å². The second-order valence-electron chi connectivity index (χ2n) is 4.06. The molecule has 110 valence electrons. The van der Waals surface area contributed by atoms with Crippen molar-refractivity contribution in [2.45, 2.75) is 31.1 Å². The van der Waals surface area contributed by atoms with Gasteiger partial charge in [0.1, 0.15) is 0 Å². The van der Waals surface area contributed by atoms with Crippen LogP contribution < -0.4 is 0 Å². The van der Waals surface area contributed by atoms with Gasteiger partial charge in [0.05, 0.1) is 13.0 Å². The highest BCUT2D eigenvalue weighted by atomic mass is 32.2. The van der Waals surface area contributed by atoms with E-state index >= 15 is 0 Å². The molecule has 0 heterocycles. The van der Waals surface area contributed by atoms with Gasteiger partial charge in [0.15, 0.2) is 0 Å². The van der Waals surface area contributed by atoms with Crippen LogP contribution in [-0.4, -0.2) is 28.6 Å². The van der Waals surface area contributed by atoms with E-state index in [0.717, 1.165) is 29.8 Å². The van der Waals surface area contributed by atoms with Gasteiger partial charge >= 0.3 is 5.97 Å². The maximum Gasteiger partial charge on any atom is 0.308 e. The molecule has 1 aromatic carbocycles. The van der Waals surface area contributed by atoms with Crippen LogP contribution in [-0.2, 0) is 9.53 Å². The molecular weight excluding hydrogens is 268 g/mol. The molecule has 0 aromatic heterocycles. The Morgan fingerprint density at radius 3 is 2.05 bits per heavy atom. The molecule has 0 aliphatic heterocycles. The van der Waals surface area contributed by atoms with E-state index in [4.69, 9.17) is 4.55 Å². The van der Waals surface area contributed by atoms with Crippen molar-refractivity contribution in [3.05, 3.63) is 29.8 Å². The second kappa shape index (κ2) is 10.8. The van der Waals surface area contributed by atoms with Crippen molar-refractivity contribution in [1.82, 2.24) is 0 Å². The lowest BCUT2D eigenvalue weighted by atomic mass is 9.86. The van der Waals surface area contributed by atoms with Crippen molar-refractivity contribution in [2.24, 2.45) is 5.92 Å². The van der Waals surface area contributed by atoms with Crippen LogP contribution in [0.1, 0.15) is 24.8 Å². The van der Waals surface area contributed by atoms with E-state index < -0.39 is 0 Å². The number of methoxy groups -OCH3 is 1. The number of aryl methyl sites for hydroxylation is 1. The fourth-order valence-corrected chi connectivity index (χ4v) is 1.67. The predicted octanol–water partition coefficient (Wildman–Crippen LogP) is 1.87. The molecule has 0 saturated heterocycles. The molecule has 0 bridgehead atoms. The van der Waals surface area contributed by atoms with Gasteiger partial charge in [-0.25, -0.2) is 0 Å². The van der Waals surface area contributed by atoms with Crippen molar-refractivity contribution < 1.29 is 25.0 Å². The highest BCUT2D eigenvalue weighted by Crippen LogP contribution is 2.26. The van der Waals surface area contributed by atoms with Crippen LogP contribution in [0.2, 0.25) is 0 Å². The summed E-state index contributed by atoms with van der Waals surface area (Å²) in [5.74, 6) is 0.205. The van der Waals surface area contributed by atoms with Gasteiger partial charge < -0.3 is 20.2 Å². The lowest BCUT2D eigenvalue weighted by Crippen LogP contribution is -2.22. The summed E-state index contributed by atoms with van der Waals surface area (Å²) in [5.41, 5.74) is 1.22. The van der Waals surface area contributed by atoms with Crippen LogP contribution in [0.4, 0.5) is 0 Å². The third-order valence-corrected chi connectivity index (χ3v) is 3.25. The van der Waals surface area contributed by atoms with Crippen LogP contribution in [0.15, 0.2) is 29.2 Å². The number of hydrogen-bond donors (Lipinski definition) is 1. The van der Waals surface area contributed by atoms with E-state index in [9.17, 15) is 4.79 Å². The minimum Gasteiger partial charge on any atom is -0.469 e. The molecule has 5 nitrogen and oxygen atoms in total. The van der Waals surface area contributed by atoms with Crippen molar-refractivity contribution in [3.63, 3.8) is 0 Å². The van der Waals surface area contributed by atoms with Gasteiger partial charge in [-0.15, -0.1) is 0 Å². The maximum atomic E-state index is 10.6.